The summed E-state index contributed by atoms with van der Waals surface area (Å²) in [5.74, 6) is 0. The van der Waals surface area contributed by atoms with Crippen molar-refractivity contribution in [2.75, 3.05) is 9.80 Å². The third-order valence-corrected chi connectivity index (χ3v) is 11.0. The number of nitrogens with zero attached hydrogens (tertiary/aromatic N) is 4. The second kappa shape index (κ2) is 14.5. The fourth-order valence-electron chi connectivity index (χ4n) is 8.43. The van der Waals surface area contributed by atoms with Crippen LogP contribution in [0, 0.1) is 22.7 Å². The van der Waals surface area contributed by atoms with E-state index in [1.807, 2.05) is 72.8 Å². The highest BCUT2D eigenvalue weighted by atomic mass is 15.2. The summed E-state index contributed by atoms with van der Waals surface area (Å²) in [6.45, 7) is 0. The lowest BCUT2D eigenvalue weighted by atomic mass is 9.91. The van der Waals surface area contributed by atoms with Gasteiger partial charge in [0.25, 0.3) is 0 Å². The molecular weight excluding hydrogens is 705 g/mol. The van der Waals surface area contributed by atoms with Crippen LogP contribution in [0.1, 0.15) is 11.1 Å². The molecule has 0 aromatic heterocycles. The lowest BCUT2D eigenvalue weighted by Gasteiger charge is -2.31. The van der Waals surface area contributed by atoms with Crippen molar-refractivity contribution < 1.29 is 0 Å². The highest BCUT2D eigenvalue weighted by Gasteiger charge is 2.24. The molecule has 10 aromatic carbocycles. The van der Waals surface area contributed by atoms with E-state index in [2.05, 4.69) is 155 Å². The molecule has 58 heavy (non-hydrogen) atoms. The molecule has 0 radical (unpaired) electrons. The van der Waals surface area contributed by atoms with E-state index in [0.29, 0.717) is 11.1 Å². The van der Waals surface area contributed by atoms with Crippen LogP contribution in [0.5, 0.6) is 0 Å². The number of nitriles is 2. The highest BCUT2D eigenvalue weighted by Crippen LogP contribution is 2.50. The fourth-order valence-corrected chi connectivity index (χ4v) is 8.43. The predicted molar refractivity (Wildman–Crippen MR) is 240 cm³/mol. The Hall–Kier alpha value is -8.18. The molecule has 0 amide bonds. The summed E-state index contributed by atoms with van der Waals surface area (Å²) in [7, 11) is 0. The van der Waals surface area contributed by atoms with Crippen LogP contribution in [0.4, 0.5) is 34.1 Å². The Morgan fingerprint density at radius 2 is 0.672 bits per heavy atom. The molecule has 0 N–H and O–H groups in total. The average molecular weight is 739 g/mol. The van der Waals surface area contributed by atoms with Crippen molar-refractivity contribution in [1.82, 2.24) is 0 Å². The van der Waals surface area contributed by atoms with Gasteiger partial charge in [0.05, 0.1) is 46.0 Å². The molecule has 10 rings (SSSR count). The van der Waals surface area contributed by atoms with E-state index in [1.54, 1.807) is 0 Å². The first-order valence-electron chi connectivity index (χ1n) is 19.3. The van der Waals surface area contributed by atoms with Gasteiger partial charge >= 0.3 is 0 Å². The summed E-state index contributed by atoms with van der Waals surface area (Å²) in [6.07, 6.45) is 0. The van der Waals surface area contributed by atoms with Crippen LogP contribution < -0.4 is 9.80 Å². The first kappa shape index (κ1) is 34.3. The van der Waals surface area contributed by atoms with Gasteiger partial charge in [-0.05, 0) is 105 Å². The first-order chi connectivity index (χ1) is 28.7. The molecule has 0 atom stereocenters. The number of rotatable bonds is 8. The minimum atomic E-state index is 0.610. The van der Waals surface area contributed by atoms with Crippen LogP contribution >= 0.6 is 0 Å². The van der Waals surface area contributed by atoms with Crippen LogP contribution in [0.2, 0.25) is 0 Å². The van der Waals surface area contributed by atoms with E-state index in [9.17, 15) is 10.5 Å². The number of hydrogen-bond acceptors (Lipinski definition) is 4. The molecule has 270 valence electrons. The minimum Gasteiger partial charge on any atom is -0.309 e. The van der Waals surface area contributed by atoms with Crippen LogP contribution in [0.25, 0.3) is 54.6 Å². The van der Waals surface area contributed by atoms with E-state index in [-0.39, 0.29) is 0 Å². The van der Waals surface area contributed by atoms with Crippen molar-refractivity contribution in [2.45, 2.75) is 0 Å². The summed E-state index contributed by atoms with van der Waals surface area (Å²) < 4.78 is 0. The standard InChI is InChI=1S/C54H34N4/c55-35-37-21-29-51(47(33-37)39-13-5-1-6-14-39)57(43-17-9-3-10-18-43)49-31-25-41-24-28-46-50(32-26-42-23-27-45(49)53(41)54(42)46)58(44-19-11-4-12-20-44)52-30-22-38(36-56)34-48(52)40-15-7-2-8-16-40/h1-34H. The lowest BCUT2D eigenvalue weighted by molar-refractivity contribution is 1.29. The van der Waals surface area contributed by atoms with Crippen molar-refractivity contribution >= 4 is 66.4 Å². The van der Waals surface area contributed by atoms with Crippen molar-refractivity contribution in [1.29, 1.82) is 10.5 Å². The van der Waals surface area contributed by atoms with E-state index in [1.165, 1.54) is 10.8 Å². The monoisotopic (exact) mass is 738 g/mol. The third-order valence-electron chi connectivity index (χ3n) is 11.0. The Labute approximate surface area is 337 Å². The number of hydrogen-bond donors (Lipinski definition) is 0. The normalized spacial score (nSPS) is 11.1. The molecular formula is C54H34N4. The molecule has 4 nitrogen and oxygen atoms in total. The van der Waals surface area contributed by atoms with Crippen LogP contribution in [0.15, 0.2) is 206 Å². The molecule has 0 bridgehead atoms. The molecule has 4 heteroatoms. The molecule has 0 aliphatic carbocycles. The molecule has 0 spiro atoms. The molecule has 0 saturated carbocycles. The molecule has 0 unspecified atom stereocenters. The lowest BCUT2D eigenvalue weighted by Crippen LogP contribution is -2.13. The van der Waals surface area contributed by atoms with E-state index in [0.717, 1.165) is 77.9 Å². The Morgan fingerprint density at radius 3 is 1.05 bits per heavy atom. The van der Waals surface area contributed by atoms with Gasteiger partial charge in [-0.1, -0.05) is 133 Å². The van der Waals surface area contributed by atoms with Crippen LogP contribution in [-0.2, 0) is 0 Å². The zero-order chi connectivity index (χ0) is 39.0. The Bertz CT molecular complexity index is 2960. The van der Waals surface area contributed by atoms with Crippen molar-refractivity contribution in [3.05, 3.63) is 217 Å². The zero-order valence-electron chi connectivity index (χ0n) is 31.4. The van der Waals surface area contributed by atoms with Gasteiger partial charge in [-0.15, -0.1) is 0 Å². The van der Waals surface area contributed by atoms with Gasteiger partial charge in [-0.25, -0.2) is 0 Å². The van der Waals surface area contributed by atoms with Crippen LogP contribution in [0.3, 0.4) is 0 Å². The summed E-state index contributed by atoms with van der Waals surface area (Å²) >= 11 is 0. The maximum Gasteiger partial charge on any atom is 0.0991 e. The summed E-state index contributed by atoms with van der Waals surface area (Å²) in [4.78, 5) is 4.66. The van der Waals surface area contributed by atoms with Gasteiger partial charge in [-0.3, -0.25) is 0 Å². The Balaban J connectivity index is 1.25. The topological polar surface area (TPSA) is 54.1 Å². The van der Waals surface area contributed by atoms with Crippen LogP contribution in [-0.4, -0.2) is 0 Å². The van der Waals surface area contributed by atoms with E-state index in [4.69, 9.17) is 0 Å². The minimum absolute atomic E-state index is 0.610. The van der Waals surface area contributed by atoms with Gasteiger partial charge in [0.2, 0.25) is 0 Å². The average Bonchev–Trinajstić information content (AvgIpc) is 3.30. The van der Waals surface area contributed by atoms with Crippen molar-refractivity contribution in [3.8, 4) is 34.4 Å². The smallest absolute Gasteiger partial charge is 0.0991 e. The van der Waals surface area contributed by atoms with Crippen molar-refractivity contribution in [3.63, 3.8) is 0 Å². The fraction of sp³-hybridized carbons (Fsp3) is 0. The third kappa shape index (κ3) is 5.85. The molecule has 0 fully saturated rings. The molecule has 10 aromatic rings. The Kier molecular flexibility index (Phi) is 8.57. The second-order valence-corrected chi connectivity index (χ2v) is 14.4. The largest absolute Gasteiger partial charge is 0.309 e. The highest BCUT2D eigenvalue weighted by molar-refractivity contribution is 6.28. The number of para-hydroxylation sites is 2. The van der Waals surface area contributed by atoms with E-state index >= 15 is 0 Å². The SMILES string of the molecule is N#Cc1ccc(N(c2ccccc2)c2ccc3ccc4c(N(c5ccccc5)c5ccc(C#N)cc5-c5ccccc5)ccc5ccc2c3c54)c(-c2ccccc2)c1. The molecule has 0 saturated heterocycles. The van der Waals surface area contributed by atoms with E-state index < -0.39 is 0 Å². The maximum absolute atomic E-state index is 9.99. The predicted octanol–water partition coefficient (Wildman–Crippen LogP) is 14.6. The second-order valence-electron chi connectivity index (χ2n) is 14.4. The quantitative estimate of drug-likeness (QED) is 0.146. The summed E-state index contributed by atoms with van der Waals surface area (Å²) in [6, 6.07) is 76.1. The molecule has 0 aliphatic heterocycles. The molecule has 0 aliphatic rings. The first-order valence-corrected chi connectivity index (χ1v) is 19.3. The van der Waals surface area contributed by atoms with Gasteiger partial charge in [0.15, 0.2) is 0 Å². The Morgan fingerprint density at radius 1 is 0.328 bits per heavy atom. The van der Waals surface area contributed by atoms with Crippen molar-refractivity contribution in [2.24, 2.45) is 0 Å². The zero-order valence-corrected chi connectivity index (χ0v) is 31.4. The van der Waals surface area contributed by atoms with Gasteiger partial charge in [-0.2, -0.15) is 10.5 Å². The van der Waals surface area contributed by atoms with Gasteiger partial charge in [0, 0.05) is 33.3 Å². The number of anilines is 6. The number of benzene rings is 10. The summed E-state index contributed by atoms with van der Waals surface area (Å²) in [5.41, 5.74) is 11.3. The maximum atomic E-state index is 9.99. The van der Waals surface area contributed by atoms with Gasteiger partial charge < -0.3 is 9.80 Å². The van der Waals surface area contributed by atoms with Gasteiger partial charge in [0.1, 0.15) is 0 Å². The summed E-state index contributed by atoms with van der Waals surface area (Å²) in [5, 5.41) is 26.9. The molecule has 0 heterocycles.